The number of rotatable bonds is 2. The highest BCUT2D eigenvalue weighted by Gasteiger charge is 2.28. The molecule has 0 aromatic rings. The van der Waals surface area contributed by atoms with Crippen LogP contribution in [-0.2, 0) is 4.57 Å². The highest BCUT2D eigenvalue weighted by molar-refractivity contribution is 8.57. The summed E-state index contributed by atoms with van der Waals surface area (Å²) in [5.74, 6) is 0. The lowest BCUT2D eigenvalue weighted by atomic mass is 11.0. The van der Waals surface area contributed by atoms with Crippen molar-refractivity contribution >= 4 is 18.0 Å². The molecule has 0 aliphatic heterocycles. The van der Waals surface area contributed by atoms with Crippen LogP contribution in [0.4, 0.5) is 0 Å². The van der Waals surface area contributed by atoms with E-state index in [0.29, 0.717) is 5.25 Å². The standard InChI is InChI=1S/C3H9N2OPS/c4-7(5,6)8-3-1-2-3/h3H,1-2H2,(H4,4,5,6). The average Bonchev–Trinajstić information content (AvgIpc) is 2.12. The predicted octanol–water partition coefficient (Wildman–Crippen LogP) is 0.908. The molecule has 0 radical (unpaired) electrons. The molecule has 4 N–H and O–H groups in total. The molecule has 48 valence electrons. The molecule has 0 aromatic carbocycles. The van der Waals surface area contributed by atoms with E-state index in [4.69, 9.17) is 11.0 Å². The summed E-state index contributed by atoms with van der Waals surface area (Å²) in [4.78, 5) is 0. The van der Waals surface area contributed by atoms with Gasteiger partial charge >= 0.3 is 0 Å². The molecule has 1 aliphatic rings. The van der Waals surface area contributed by atoms with E-state index in [1.165, 1.54) is 11.4 Å². The van der Waals surface area contributed by atoms with Gasteiger partial charge < -0.3 is 0 Å². The van der Waals surface area contributed by atoms with E-state index in [0.717, 1.165) is 12.8 Å². The van der Waals surface area contributed by atoms with Crippen LogP contribution < -0.4 is 11.0 Å². The molecule has 1 aliphatic carbocycles. The molecule has 0 atom stereocenters. The second-order valence-electron chi connectivity index (χ2n) is 1.95. The third-order valence-corrected chi connectivity index (χ3v) is 3.82. The maximum atomic E-state index is 10.6. The SMILES string of the molecule is NP(N)(=O)SC1CC1. The van der Waals surface area contributed by atoms with E-state index in [1.807, 2.05) is 0 Å². The average molecular weight is 152 g/mol. The molecule has 3 nitrogen and oxygen atoms in total. The van der Waals surface area contributed by atoms with Gasteiger partial charge in [0.2, 0.25) is 0 Å². The summed E-state index contributed by atoms with van der Waals surface area (Å²) < 4.78 is 10.6. The first-order valence-electron chi connectivity index (χ1n) is 2.43. The van der Waals surface area contributed by atoms with Crippen molar-refractivity contribution in [2.24, 2.45) is 11.0 Å². The van der Waals surface area contributed by atoms with Gasteiger partial charge in [0.25, 0.3) is 6.65 Å². The van der Waals surface area contributed by atoms with Crippen LogP contribution in [0, 0.1) is 0 Å². The first kappa shape index (κ1) is 6.62. The fourth-order valence-corrected chi connectivity index (χ4v) is 3.25. The molecule has 0 amide bonds. The van der Waals surface area contributed by atoms with Crippen LogP contribution in [0.15, 0.2) is 0 Å². The Morgan fingerprint density at radius 1 is 1.50 bits per heavy atom. The Hall–Kier alpha value is 0.500. The predicted molar refractivity (Wildman–Crippen MR) is 36.6 cm³/mol. The zero-order chi connectivity index (χ0) is 6.20. The normalized spacial score (nSPS) is 21.2. The largest absolute Gasteiger partial charge is 0.277 e. The van der Waals surface area contributed by atoms with Gasteiger partial charge in [-0.05, 0) is 12.8 Å². The lowest BCUT2D eigenvalue weighted by molar-refractivity contribution is 0.587. The van der Waals surface area contributed by atoms with Gasteiger partial charge in [-0.2, -0.15) is 0 Å². The van der Waals surface area contributed by atoms with E-state index in [2.05, 4.69) is 0 Å². The highest BCUT2D eigenvalue weighted by atomic mass is 32.7. The van der Waals surface area contributed by atoms with Crippen LogP contribution in [0.1, 0.15) is 12.8 Å². The van der Waals surface area contributed by atoms with Crippen molar-refractivity contribution in [1.29, 1.82) is 0 Å². The van der Waals surface area contributed by atoms with Gasteiger partial charge in [-0.1, -0.05) is 11.4 Å². The van der Waals surface area contributed by atoms with Gasteiger partial charge in [0.05, 0.1) is 0 Å². The van der Waals surface area contributed by atoms with Crippen LogP contribution in [0.2, 0.25) is 0 Å². The first-order valence-corrected chi connectivity index (χ1v) is 5.76. The number of nitrogens with two attached hydrogens (primary N) is 2. The summed E-state index contributed by atoms with van der Waals surface area (Å²) in [5.41, 5.74) is 10.1. The molecule has 0 heterocycles. The molecule has 0 saturated heterocycles. The molecule has 0 bridgehead atoms. The number of hydrogen-bond acceptors (Lipinski definition) is 2. The summed E-state index contributed by atoms with van der Waals surface area (Å²) in [7, 11) is 0. The molecular weight excluding hydrogens is 143 g/mol. The van der Waals surface area contributed by atoms with Crippen molar-refractivity contribution in [3.63, 3.8) is 0 Å². The second-order valence-corrected chi connectivity index (χ2v) is 6.46. The maximum Gasteiger partial charge on any atom is 0.261 e. The van der Waals surface area contributed by atoms with Gasteiger partial charge in [-0.25, -0.2) is 0 Å². The molecule has 1 rings (SSSR count). The van der Waals surface area contributed by atoms with Gasteiger partial charge in [-0.3, -0.25) is 15.6 Å². The topological polar surface area (TPSA) is 69.1 Å². The third kappa shape index (κ3) is 2.72. The summed E-state index contributed by atoms with van der Waals surface area (Å²) in [5, 5.41) is 0.496. The van der Waals surface area contributed by atoms with Crippen molar-refractivity contribution in [2.45, 2.75) is 18.1 Å². The second kappa shape index (κ2) is 2.03. The van der Waals surface area contributed by atoms with E-state index >= 15 is 0 Å². The fraction of sp³-hybridized carbons (Fsp3) is 1.00. The molecule has 0 aromatic heterocycles. The molecule has 5 heteroatoms. The van der Waals surface area contributed by atoms with E-state index in [1.54, 1.807) is 0 Å². The molecular formula is C3H9N2OPS. The summed E-state index contributed by atoms with van der Waals surface area (Å²) in [6.45, 7) is -2.74. The van der Waals surface area contributed by atoms with Gasteiger partial charge in [0, 0.05) is 5.25 Å². The van der Waals surface area contributed by atoms with Gasteiger partial charge in [0.15, 0.2) is 0 Å². The van der Waals surface area contributed by atoms with E-state index < -0.39 is 6.65 Å². The van der Waals surface area contributed by atoms with Crippen LogP contribution >= 0.6 is 18.0 Å². The third-order valence-electron chi connectivity index (χ3n) is 0.838. The van der Waals surface area contributed by atoms with Crippen molar-refractivity contribution in [1.82, 2.24) is 0 Å². The Labute approximate surface area is 52.4 Å². The highest BCUT2D eigenvalue weighted by Crippen LogP contribution is 2.53. The molecule has 1 fully saturated rings. The van der Waals surface area contributed by atoms with Crippen LogP contribution in [0.25, 0.3) is 0 Å². The minimum Gasteiger partial charge on any atom is -0.277 e. The smallest absolute Gasteiger partial charge is 0.261 e. The Bertz CT molecular complexity index is 129. The fourth-order valence-electron chi connectivity index (χ4n) is 0.406. The van der Waals surface area contributed by atoms with Crippen molar-refractivity contribution < 1.29 is 4.57 Å². The zero-order valence-electron chi connectivity index (χ0n) is 4.41. The zero-order valence-corrected chi connectivity index (χ0v) is 6.12. The van der Waals surface area contributed by atoms with Crippen LogP contribution in [0.5, 0.6) is 0 Å². The van der Waals surface area contributed by atoms with Gasteiger partial charge in [-0.15, -0.1) is 0 Å². The quantitative estimate of drug-likeness (QED) is 0.577. The van der Waals surface area contributed by atoms with Crippen LogP contribution in [-0.4, -0.2) is 5.25 Å². The van der Waals surface area contributed by atoms with E-state index in [9.17, 15) is 4.57 Å². The van der Waals surface area contributed by atoms with Crippen molar-refractivity contribution in [3.8, 4) is 0 Å². The van der Waals surface area contributed by atoms with E-state index in [-0.39, 0.29) is 0 Å². The minimum atomic E-state index is -2.74. The van der Waals surface area contributed by atoms with Crippen LogP contribution in [0.3, 0.4) is 0 Å². The maximum absolute atomic E-state index is 10.6. The lowest BCUT2D eigenvalue weighted by Crippen LogP contribution is -2.00. The Morgan fingerprint density at radius 3 is 2.12 bits per heavy atom. The van der Waals surface area contributed by atoms with Gasteiger partial charge in [0.1, 0.15) is 0 Å². The minimum absolute atomic E-state index is 0.496. The summed E-state index contributed by atoms with van der Waals surface area (Å²) in [6.07, 6.45) is 2.26. The monoisotopic (exact) mass is 152 g/mol. The molecule has 0 unspecified atom stereocenters. The first-order chi connectivity index (χ1) is 3.58. The summed E-state index contributed by atoms with van der Waals surface area (Å²) >= 11 is 1.23. The molecule has 8 heavy (non-hydrogen) atoms. The van der Waals surface area contributed by atoms with Crippen molar-refractivity contribution in [2.75, 3.05) is 0 Å². The Balaban J connectivity index is 2.26. The Kier molecular flexibility index (Phi) is 1.68. The molecule has 0 spiro atoms. The molecule has 1 saturated carbocycles. The summed E-state index contributed by atoms with van der Waals surface area (Å²) in [6, 6.07) is 0. The lowest BCUT2D eigenvalue weighted by Gasteiger charge is -2.00. The number of hydrogen-bond donors (Lipinski definition) is 2. The Morgan fingerprint density at radius 2 is 2.00 bits per heavy atom. The van der Waals surface area contributed by atoms with Crippen molar-refractivity contribution in [3.05, 3.63) is 0 Å².